The number of ether oxygens (including phenoxy) is 1. The van der Waals surface area contributed by atoms with Gasteiger partial charge in [0, 0.05) is 6.54 Å². The molecule has 4 N–H and O–H groups in total. The molecule has 0 unspecified atom stereocenters. The Hall–Kier alpha value is -2.41. The molecule has 0 atom stereocenters. The Balaban J connectivity index is 1.58. The van der Waals surface area contributed by atoms with Gasteiger partial charge in [0.15, 0.2) is 0 Å². The maximum atomic E-state index is 12.5. The van der Waals surface area contributed by atoms with Crippen LogP contribution < -0.4 is 11.5 Å². The van der Waals surface area contributed by atoms with Gasteiger partial charge in [0.1, 0.15) is 6.61 Å². The molecule has 1 amide bonds. The number of amides is 1. The van der Waals surface area contributed by atoms with Crippen LogP contribution in [0.2, 0.25) is 10.0 Å². The van der Waals surface area contributed by atoms with Crippen molar-refractivity contribution in [3.8, 4) is 0 Å². The minimum absolute atomic E-state index is 0.190. The van der Waals surface area contributed by atoms with Crippen LogP contribution in [0.1, 0.15) is 23.6 Å². The lowest BCUT2D eigenvalue weighted by molar-refractivity contribution is 0.105. The zero-order valence-corrected chi connectivity index (χ0v) is 18.9. The maximum Gasteiger partial charge on any atom is 0.410 e. The second-order valence-corrected chi connectivity index (χ2v) is 8.58. The maximum absolute atomic E-state index is 12.5. The smallest absolute Gasteiger partial charge is 0.410 e. The molecule has 2 heterocycles. The van der Waals surface area contributed by atoms with Gasteiger partial charge in [-0.15, -0.1) is 0 Å². The van der Waals surface area contributed by atoms with Crippen molar-refractivity contribution in [2.75, 3.05) is 24.6 Å². The Labute approximate surface area is 190 Å². The lowest BCUT2D eigenvalue weighted by Gasteiger charge is -2.30. The molecule has 0 saturated carbocycles. The fraction of sp³-hybridized carbons (Fsp3) is 0.227. The van der Waals surface area contributed by atoms with Crippen molar-refractivity contribution in [1.29, 1.82) is 0 Å². The van der Waals surface area contributed by atoms with Gasteiger partial charge in [-0.05, 0) is 58.0 Å². The summed E-state index contributed by atoms with van der Waals surface area (Å²) in [4.78, 5) is 14.1. The van der Waals surface area contributed by atoms with Crippen molar-refractivity contribution >= 4 is 57.6 Å². The molecule has 3 rings (SSSR count). The van der Waals surface area contributed by atoms with Crippen LogP contribution in [-0.4, -0.2) is 24.1 Å². The first-order valence-corrected chi connectivity index (χ1v) is 11.0. The van der Waals surface area contributed by atoms with Crippen LogP contribution in [0.15, 0.2) is 47.2 Å². The molecule has 8 heteroatoms. The van der Waals surface area contributed by atoms with E-state index in [1.54, 1.807) is 16.2 Å². The summed E-state index contributed by atoms with van der Waals surface area (Å²) < 4.78 is 5.44. The summed E-state index contributed by atoms with van der Waals surface area (Å²) >= 11 is 14.3. The number of hydrogen-bond acceptors (Lipinski definition) is 5. The highest BCUT2D eigenvalue weighted by atomic mass is 35.5. The van der Waals surface area contributed by atoms with Gasteiger partial charge in [-0.1, -0.05) is 48.0 Å². The quantitative estimate of drug-likeness (QED) is 0.425. The fourth-order valence-corrected chi connectivity index (χ4v) is 4.38. The van der Waals surface area contributed by atoms with Gasteiger partial charge in [0.25, 0.3) is 0 Å². The van der Waals surface area contributed by atoms with Gasteiger partial charge in [-0.25, -0.2) is 4.79 Å². The van der Waals surface area contributed by atoms with Gasteiger partial charge < -0.3 is 21.1 Å². The third-order valence-electron chi connectivity index (χ3n) is 4.89. The highest BCUT2D eigenvalue weighted by molar-refractivity contribution is 7.08. The molecule has 30 heavy (non-hydrogen) atoms. The number of benzene rings is 1. The molecule has 158 valence electrons. The number of anilines is 2. The summed E-state index contributed by atoms with van der Waals surface area (Å²) in [6, 6.07) is 2.02. The van der Waals surface area contributed by atoms with Crippen LogP contribution in [0.5, 0.6) is 0 Å². The monoisotopic (exact) mass is 463 g/mol. The topological polar surface area (TPSA) is 81.6 Å². The van der Waals surface area contributed by atoms with Crippen LogP contribution in [-0.2, 0) is 17.7 Å². The Kier molecular flexibility index (Phi) is 7.13. The number of carbonyl (C=O) groups is 1. The Bertz CT molecular complexity index is 1030. The van der Waals surface area contributed by atoms with Gasteiger partial charge in [-0.2, -0.15) is 11.3 Å². The minimum atomic E-state index is -0.414. The van der Waals surface area contributed by atoms with Crippen LogP contribution in [0.3, 0.4) is 0 Å². The summed E-state index contributed by atoms with van der Waals surface area (Å²) in [5, 5.41) is 4.81. The molecule has 1 aromatic heterocycles. The average Bonchev–Trinajstić information content (AvgIpc) is 3.29. The van der Waals surface area contributed by atoms with E-state index in [4.69, 9.17) is 39.4 Å². The molecule has 0 fully saturated rings. The number of thiophene rings is 1. The summed E-state index contributed by atoms with van der Waals surface area (Å²) in [6.45, 7) is 6.87. The van der Waals surface area contributed by atoms with Gasteiger partial charge in [0.2, 0.25) is 0 Å². The van der Waals surface area contributed by atoms with Crippen molar-refractivity contribution in [3.05, 3.63) is 73.9 Å². The second kappa shape index (κ2) is 9.60. The molecule has 1 aliphatic rings. The van der Waals surface area contributed by atoms with Gasteiger partial charge in [-0.3, -0.25) is 0 Å². The predicted molar refractivity (Wildman–Crippen MR) is 127 cm³/mol. The van der Waals surface area contributed by atoms with E-state index >= 15 is 0 Å². The van der Waals surface area contributed by atoms with E-state index in [-0.39, 0.29) is 24.5 Å². The number of carbonyl (C=O) groups excluding carboxylic acids is 1. The molecule has 1 aromatic carbocycles. The van der Waals surface area contributed by atoms with Crippen LogP contribution >= 0.6 is 34.5 Å². The molecule has 0 saturated heterocycles. The van der Waals surface area contributed by atoms with Crippen molar-refractivity contribution in [2.45, 2.75) is 19.9 Å². The van der Waals surface area contributed by atoms with Crippen molar-refractivity contribution in [3.63, 3.8) is 0 Å². The fourth-order valence-electron chi connectivity index (χ4n) is 3.11. The van der Waals surface area contributed by atoms with E-state index in [0.29, 0.717) is 23.0 Å². The van der Waals surface area contributed by atoms with E-state index in [0.717, 1.165) is 27.8 Å². The summed E-state index contributed by atoms with van der Waals surface area (Å²) in [6.07, 6.45) is 5.85. The largest absolute Gasteiger partial charge is 0.445 e. The zero-order valence-electron chi connectivity index (χ0n) is 16.6. The normalized spacial score (nSPS) is 14.1. The predicted octanol–water partition coefficient (Wildman–Crippen LogP) is 5.93. The van der Waals surface area contributed by atoms with Crippen molar-refractivity contribution in [2.24, 2.45) is 0 Å². The first-order valence-electron chi connectivity index (χ1n) is 9.30. The van der Waals surface area contributed by atoms with E-state index in [1.165, 1.54) is 0 Å². The van der Waals surface area contributed by atoms with E-state index in [2.05, 4.69) is 6.58 Å². The molecule has 0 aliphatic carbocycles. The Morgan fingerprint density at radius 2 is 2.00 bits per heavy atom. The second-order valence-electron chi connectivity index (χ2n) is 7.05. The minimum Gasteiger partial charge on any atom is -0.445 e. The lowest BCUT2D eigenvalue weighted by Crippen LogP contribution is -2.37. The number of rotatable bonds is 5. The van der Waals surface area contributed by atoms with Gasteiger partial charge >= 0.3 is 6.09 Å². The SMILES string of the molecule is C=C(/C=C\C=C(/C)COC(=O)N1CCc2c(Cl)c(N)c(N)c(Cl)c2C1)c1ccsc1. The zero-order chi connectivity index (χ0) is 21.8. The van der Waals surface area contributed by atoms with Crippen molar-refractivity contribution in [1.82, 2.24) is 4.90 Å². The summed E-state index contributed by atoms with van der Waals surface area (Å²) in [5.41, 5.74) is 16.9. The molecule has 5 nitrogen and oxygen atoms in total. The number of halogens is 2. The molecule has 2 aromatic rings. The van der Waals surface area contributed by atoms with Crippen LogP contribution in [0.4, 0.5) is 16.2 Å². The average molecular weight is 464 g/mol. The standard InChI is InChI=1S/C22H23Cl2N3O2S/c1-13(4-3-5-14(2)15-7-9-30-12-15)11-29-22(28)27-8-6-16-17(10-27)19(24)21(26)20(25)18(16)23/h3-5,7,9,12H,2,6,8,10-11,25-26H2,1H3/b5-3-,13-4+. The number of hydrogen-bond donors (Lipinski definition) is 2. The third-order valence-corrected chi connectivity index (χ3v) is 6.44. The Morgan fingerprint density at radius 3 is 2.67 bits per heavy atom. The summed E-state index contributed by atoms with van der Waals surface area (Å²) in [7, 11) is 0. The molecule has 1 aliphatic heterocycles. The molecule has 0 bridgehead atoms. The van der Waals surface area contributed by atoms with E-state index in [9.17, 15) is 4.79 Å². The number of nitrogens with zero attached hydrogens (tertiary/aromatic N) is 1. The summed E-state index contributed by atoms with van der Waals surface area (Å²) in [5.74, 6) is 0. The first kappa shape index (κ1) is 22.3. The van der Waals surface area contributed by atoms with E-state index in [1.807, 2.05) is 42.0 Å². The number of nitrogens with two attached hydrogens (primary N) is 2. The number of nitrogen functional groups attached to an aromatic ring is 2. The number of allylic oxidation sites excluding steroid dienone is 4. The first-order chi connectivity index (χ1) is 14.3. The van der Waals surface area contributed by atoms with E-state index < -0.39 is 6.09 Å². The molecular weight excluding hydrogens is 441 g/mol. The molecular formula is C22H23Cl2N3O2S. The lowest BCUT2D eigenvalue weighted by atomic mass is 9.98. The van der Waals surface area contributed by atoms with Crippen LogP contribution in [0.25, 0.3) is 5.57 Å². The highest BCUT2D eigenvalue weighted by Crippen LogP contribution is 2.41. The molecule has 0 spiro atoms. The Morgan fingerprint density at radius 1 is 1.30 bits per heavy atom. The molecule has 0 radical (unpaired) electrons. The third kappa shape index (κ3) is 4.83. The van der Waals surface area contributed by atoms with Gasteiger partial charge in [0.05, 0.1) is 28.0 Å². The highest BCUT2D eigenvalue weighted by Gasteiger charge is 2.28. The van der Waals surface area contributed by atoms with Crippen molar-refractivity contribution < 1.29 is 9.53 Å². The number of fused-ring (bicyclic) bond motifs is 1. The van der Waals surface area contributed by atoms with Crippen LogP contribution in [0, 0.1) is 0 Å².